The number of benzene rings is 2. The molecule has 0 unspecified atom stereocenters. The quantitative estimate of drug-likeness (QED) is 0.785. The van der Waals surface area contributed by atoms with Crippen LogP contribution in [-0.2, 0) is 4.79 Å². The van der Waals surface area contributed by atoms with E-state index in [-0.39, 0.29) is 18.6 Å². The van der Waals surface area contributed by atoms with Crippen molar-refractivity contribution in [3.8, 4) is 11.5 Å². The van der Waals surface area contributed by atoms with Gasteiger partial charge in [0.15, 0.2) is 11.5 Å². The molecular weight excluding hydrogens is 344 g/mol. The normalized spacial score (nSPS) is 16.0. The highest BCUT2D eigenvalue weighted by molar-refractivity contribution is 5.95. The molecule has 0 spiro atoms. The molecule has 2 aromatic carbocycles. The van der Waals surface area contributed by atoms with Crippen molar-refractivity contribution < 1.29 is 19.1 Å². The molecule has 0 aromatic heterocycles. The van der Waals surface area contributed by atoms with Crippen LogP contribution in [0.3, 0.4) is 0 Å². The SMILES string of the molecule is O=C(/C=C/c1ccc2c(c1)OCO2)N1CCN(C(=O)c2ccccc2)CC1. The molecule has 0 saturated carbocycles. The summed E-state index contributed by atoms with van der Waals surface area (Å²) < 4.78 is 10.6. The minimum atomic E-state index is -0.0560. The standard InChI is InChI=1S/C21H20N2O4/c24-20(9-7-16-6-8-18-19(14-16)27-15-26-18)22-10-12-23(13-11-22)21(25)17-4-2-1-3-5-17/h1-9,14H,10-13,15H2/b9-7+. The fourth-order valence-corrected chi connectivity index (χ4v) is 3.18. The minimum absolute atomic E-state index is 0.0126. The Morgan fingerprint density at radius 3 is 2.33 bits per heavy atom. The molecule has 138 valence electrons. The molecular formula is C21H20N2O4. The maximum absolute atomic E-state index is 12.5. The Morgan fingerprint density at radius 2 is 1.56 bits per heavy atom. The lowest BCUT2D eigenvalue weighted by atomic mass is 10.1. The van der Waals surface area contributed by atoms with E-state index < -0.39 is 0 Å². The van der Waals surface area contributed by atoms with E-state index in [2.05, 4.69) is 0 Å². The van der Waals surface area contributed by atoms with Crippen LogP contribution in [0.5, 0.6) is 11.5 Å². The van der Waals surface area contributed by atoms with Crippen LogP contribution in [0.4, 0.5) is 0 Å². The summed E-state index contributed by atoms with van der Waals surface area (Å²) in [5.41, 5.74) is 1.56. The average Bonchev–Trinajstić information content (AvgIpc) is 3.20. The predicted octanol–water partition coefficient (Wildman–Crippen LogP) is 2.41. The van der Waals surface area contributed by atoms with Gasteiger partial charge in [0.2, 0.25) is 12.7 Å². The molecule has 0 radical (unpaired) electrons. The fourth-order valence-electron chi connectivity index (χ4n) is 3.18. The average molecular weight is 364 g/mol. The Labute approximate surface area is 157 Å². The summed E-state index contributed by atoms with van der Waals surface area (Å²) in [5.74, 6) is 1.37. The fraction of sp³-hybridized carbons (Fsp3) is 0.238. The van der Waals surface area contributed by atoms with Crippen LogP contribution >= 0.6 is 0 Å². The summed E-state index contributed by atoms with van der Waals surface area (Å²) in [6, 6.07) is 14.8. The summed E-state index contributed by atoms with van der Waals surface area (Å²) in [7, 11) is 0. The highest BCUT2D eigenvalue weighted by atomic mass is 16.7. The van der Waals surface area contributed by atoms with Crippen molar-refractivity contribution in [1.29, 1.82) is 0 Å². The van der Waals surface area contributed by atoms with Gasteiger partial charge in [-0.25, -0.2) is 0 Å². The maximum Gasteiger partial charge on any atom is 0.253 e. The van der Waals surface area contributed by atoms with E-state index in [1.54, 1.807) is 22.0 Å². The van der Waals surface area contributed by atoms with E-state index >= 15 is 0 Å². The number of amides is 2. The first-order valence-electron chi connectivity index (χ1n) is 8.92. The second kappa shape index (κ2) is 7.53. The second-order valence-electron chi connectivity index (χ2n) is 6.43. The molecule has 2 aliphatic heterocycles. The van der Waals surface area contributed by atoms with Gasteiger partial charge in [0, 0.05) is 37.8 Å². The van der Waals surface area contributed by atoms with Crippen molar-refractivity contribution in [3.63, 3.8) is 0 Å². The number of piperazine rings is 1. The lowest BCUT2D eigenvalue weighted by Gasteiger charge is -2.34. The molecule has 6 heteroatoms. The molecule has 2 amide bonds. The lowest BCUT2D eigenvalue weighted by Crippen LogP contribution is -2.50. The van der Waals surface area contributed by atoms with Crippen LogP contribution in [0.25, 0.3) is 6.08 Å². The molecule has 0 bridgehead atoms. The molecule has 2 heterocycles. The van der Waals surface area contributed by atoms with E-state index in [0.717, 1.165) is 11.3 Å². The third kappa shape index (κ3) is 3.79. The number of fused-ring (bicyclic) bond motifs is 1. The summed E-state index contributed by atoms with van der Waals surface area (Å²) in [6.45, 7) is 2.37. The zero-order chi connectivity index (χ0) is 18.6. The Bertz CT molecular complexity index is 871. The predicted molar refractivity (Wildman–Crippen MR) is 101 cm³/mol. The number of carbonyl (C=O) groups excluding carboxylic acids is 2. The highest BCUT2D eigenvalue weighted by Gasteiger charge is 2.23. The van der Waals surface area contributed by atoms with Gasteiger partial charge in [0.05, 0.1) is 0 Å². The van der Waals surface area contributed by atoms with E-state index in [0.29, 0.717) is 37.5 Å². The monoisotopic (exact) mass is 364 g/mol. The number of hydrogen-bond acceptors (Lipinski definition) is 4. The summed E-state index contributed by atoms with van der Waals surface area (Å²) in [5, 5.41) is 0. The van der Waals surface area contributed by atoms with Crippen LogP contribution < -0.4 is 9.47 Å². The van der Waals surface area contributed by atoms with Crippen molar-refractivity contribution in [3.05, 3.63) is 65.7 Å². The van der Waals surface area contributed by atoms with Crippen molar-refractivity contribution >= 4 is 17.9 Å². The molecule has 4 rings (SSSR count). The van der Waals surface area contributed by atoms with Gasteiger partial charge in [-0.05, 0) is 35.9 Å². The van der Waals surface area contributed by atoms with E-state index in [1.807, 2.05) is 48.5 Å². The third-order valence-corrected chi connectivity index (χ3v) is 4.71. The van der Waals surface area contributed by atoms with Crippen molar-refractivity contribution in [2.75, 3.05) is 33.0 Å². The Balaban J connectivity index is 1.33. The van der Waals surface area contributed by atoms with Crippen molar-refractivity contribution in [2.45, 2.75) is 0 Å². The molecule has 2 aromatic rings. The molecule has 0 aliphatic carbocycles. The maximum atomic E-state index is 12.5. The van der Waals surface area contributed by atoms with Gasteiger partial charge in [0.1, 0.15) is 0 Å². The molecule has 6 nitrogen and oxygen atoms in total. The third-order valence-electron chi connectivity index (χ3n) is 4.71. The smallest absolute Gasteiger partial charge is 0.253 e. The van der Waals surface area contributed by atoms with Gasteiger partial charge in [-0.1, -0.05) is 24.3 Å². The van der Waals surface area contributed by atoms with Crippen LogP contribution in [0, 0.1) is 0 Å². The lowest BCUT2D eigenvalue weighted by molar-refractivity contribution is -0.127. The molecule has 0 atom stereocenters. The highest BCUT2D eigenvalue weighted by Crippen LogP contribution is 2.32. The number of rotatable bonds is 3. The topological polar surface area (TPSA) is 59.1 Å². The van der Waals surface area contributed by atoms with Crippen LogP contribution in [0.15, 0.2) is 54.6 Å². The zero-order valence-electron chi connectivity index (χ0n) is 14.8. The number of nitrogens with zero attached hydrogens (tertiary/aromatic N) is 2. The zero-order valence-corrected chi connectivity index (χ0v) is 14.8. The summed E-state index contributed by atoms with van der Waals surface area (Å²) in [4.78, 5) is 28.5. The van der Waals surface area contributed by atoms with Gasteiger partial charge in [-0.15, -0.1) is 0 Å². The number of carbonyl (C=O) groups is 2. The van der Waals surface area contributed by atoms with Crippen molar-refractivity contribution in [2.24, 2.45) is 0 Å². The van der Waals surface area contributed by atoms with Gasteiger partial charge >= 0.3 is 0 Å². The van der Waals surface area contributed by atoms with E-state index in [1.165, 1.54) is 0 Å². The Hall–Kier alpha value is -3.28. The van der Waals surface area contributed by atoms with Gasteiger partial charge < -0.3 is 19.3 Å². The van der Waals surface area contributed by atoms with E-state index in [9.17, 15) is 9.59 Å². The molecule has 1 fully saturated rings. The number of ether oxygens (including phenoxy) is 2. The largest absolute Gasteiger partial charge is 0.454 e. The van der Waals surface area contributed by atoms with Crippen molar-refractivity contribution in [1.82, 2.24) is 9.80 Å². The first-order chi connectivity index (χ1) is 13.2. The second-order valence-corrected chi connectivity index (χ2v) is 6.43. The van der Waals surface area contributed by atoms with Crippen LogP contribution in [0.2, 0.25) is 0 Å². The Morgan fingerprint density at radius 1 is 0.852 bits per heavy atom. The molecule has 0 N–H and O–H groups in total. The molecule has 2 aliphatic rings. The molecule has 27 heavy (non-hydrogen) atoms. The first-order valence-corrected chi connectivity index (χ1v) is 8.92. The first kappa shape index (κ1) is 17.1. The number of hydrogen-bond donors (Lipinski definition) is 0. The summed E-state index contributed by atoms with van der Waals surface area (Å²) >= 11 is 0. The van der Waals surface area contributed by atoms with Crippen LogP contribution in [0.1, 0.15) is 15.9 Å². The van der Waals surface area contributed by atoms with Crippen LogP contribution in [-0.4, -0.2) is 54.6 Å². The minimum Gasteiger partial charge on any atom is -0.454 e. The Kier molecular flexibility index (Phi) is 4.78. The molecule has 1 saturated heterocycles. The summed E-state index contributed by atoms with van der Waals surface area (Å²) in [6.07, 6.45) is 3.33. The van der Waals surface area contributed by atoms with Gasteiger partial charge in [-0.3, -0.25) is 9.59 Å². The van der Waals surface area contributed by atoms with Gasteiger partial charge in [-0.2, -0.15) is 0 Å². The van der Waals surface area contributed by atoms with E-state index in [4.69, 9.17) is 9.47 Å². The van der Waals surface area contributed by atoms with Gasteiger partial charge in [0.25, 0.3) is 5.91 Å².